The summed E-state index contributed by atoms with van der Waals surface area (Å²) in [6.07, 6.45) is 12.6. The van der Waals surface area contributed by atoms with Crippen LogP contribution in [-0.2, 0) is 0 Å². The second-order valence-corrected chi connectivity index (χ2v) is 5.23. The van der Waals surface area contributed by atoms with Crippen LogP contribution in [0.25, 0.3) is 0 Å². The van der Waals surface area contributed by atoms with Gasteiger partial charge in [-0.2, -0.15) is 0 Å². The van der Waals surface area contributed by atoms with Crippen molar-refractivity contribution in [3.63, 3.8) is 0 Å². The lowest BCUT2D eigenvalue weighted by molar-refractivity contribution is 0.234. The van der Waals surface area contributed by atoms with E-state index in [1.165, 1.54) is 19.3 Å². The molecule has 2 atom stereocenters. The SMILES string of the molecule is CC[C]C12CC3CC(CC1C3)C2. The van der Waals surface area contributed by atoms with Crippen LogP contribution in [0.2, 0.25) is 0 Å². The Hall–Kier alpha value is 0. The fourth-order valence-electron chi connectivity index (χ4n) is 4.44. The third-order valence-corrected chi connectivity index (χ3v) is 4.52. The first-order valence-electron chi connectivity index (χ1n) is 5.57. The molecule has 0 amide bonds. The Morgan fingerprint density at radius 3 is 2.42 bits per heavy atom. The van der Waals surface area contributed by atoms with E-state index in [0.29, 0.717) is 5.41 Å². The summed E-state index contributed by atoms with van der Waals surface area (Å²) in [6.45, 7) is 2.26. The molecule has 0 spiro atoms. The summed E-state index contributed by atoms with van der Waals surface area (Å²) >= 11 is 0. The molecule has 4 rings (SSSR count). The molecule has 0 saturated heterocycles. The van der Waals surface area contributed by atoms with E-state index in [1.807, 2.05) is 0 Å². The van der Waals surface area contributed by atoms with Crippen LogP contribution in [-0.4, -0.2) is 0 Å². The molecule has 0 N–H and O–H groups in total. The summed E-state index contributed by atoms with van der Waals surface area (Å²) in [5.74, 6) is 3.25. The molecule has 66 valence electrons. The molecule has 2 unspecified atom stereocenters. The molecule has 0 nitrogen and oxygen atoms in total. The molecular weight excluding hydrogens is 144 g/mol. The lowest BCUT2D eigenvalue weighted by Crippen LogP contribution is -2.22. The summed E-state index contributed by atoms with van der Waals surface area (Å²) < 4.78 is 0. The Balaban J connectivity index is 1.88. The Morgan fingerprint density at radius 2 is 1.83 bits per heavy atom. The zero-order chi connectivity index (χ0) is 8.18. The smallest absolute Gasteiger partial charge is 0.0106 e. The Labute approximate surface area is 75.7 Å². The Kier molecular flexibility index (Phi) is 1.40. The van der Waals surface area contributed by atoms with Gasteiger partial charge in [-0.25, -0.2) is 0 Å². The standard InChI is InChI=1S/C12H18/c1-2-3-12-7-9-4-10(8-12)6-11(12)5-9/h9-11H,2,4-8H2,1H3. The summed E-state index contributed by atoms with van der Waals surface area (Å²) in [7, 11) is 0. The predicted octanol–water partition coefficient (Wildman–Crippen LogP) is 3.30. The van der Waals surface area contributed by atoms with E-state index < -0.39 is 0 Å². The van der Waals surface area contributed by atoms with Gasteiger partial charge in [0.25, 0.3) is 0 Å². The molecule has 2 radical (unpaired) electrons. The zero-order valence-corrected chi connectivity index (χ0v) is 7.97. The van der Waals surface area contributed by atoms with Gasteiger partial charge < -0.3 is 0 Å². The summed E-state index contributed by atoms with van der Waals surface area (Å²) in [5.41, 5.74) is 0.627. The largest absolute Gasteiger partial charge is 0.0648 e. The lowest BCUT2D eigenvalue weighted by Gasteiger charge is -2.31. The molecule has 4 aliphatic carbocycles. The maximum Gasteiger partial charge on any atom is -0.0106 e. The van der Waals surface area contributed by atoms with Crippen molar-refractivity contribution in [1.82, 2.24) is 0 Å². The molecule has 4 fully saturated rings. The van der Waals surface area contributed by atoms with Crippen LogP contribution in [0.15, 0.2) is 0 Å². The topological polar surface area (TPSA) is 0 Å². The first-order chi connectivity index (χ1) is 5.82. The van der Waals surface area contributed by atoms with Gasteiger partial charge >= 0.3 is 0 Å². The van der Waals surface area contributed by atoms with E-state index in [0.717, 1.165) is 17.8 Å². The van der Waals surface area contributed by atoms with Gasteiger partial charge in [0.2, 0.25) is 0 Å². The fourth-order valence-corrected chi connectivity index (χ4v) is 4.44. The average molecular weight is 162 g/mol. The van der Waals surface area contributed by atoms with Crippen molar-refractivity contribution >= 4 is 0 Å². The van der Waals surface area contributed by atoms with Crippen LogP contribution < -0.4 is 0 Å². The molecule has 0 heteroatoms. The highest BCUT2D eigenvalue weighted by Gasteiger charge is 2.56. The highest BCUT2D eigenvalue weighted by Crippen LogP contribution is 2.66. The molecular formula is C12H18. The van der Waals surface area contributed by atoms with E-state index in [4.69, 9.17) is 0 Å². The second kappa shape index (κ2) is 2.27. The molecule has 12 heavy (non-hydrogen) atoms. The predicted molar refractivity (Wildman–Crippen MR) is 49.5 cm³/mol. The van der Waals surface area contributed by atoms with Crippen molar-refractivity contribution in [2.75, 3.05) is 0 Å². The van der Waals surface area contributed by atoms with Crippen molar-refractivity contribution in [2.24, 2.45) is 23.2 Å². The molecule has 4 aliphatic rings. The van der Waals surface area contributed by atoms with Crippen molar-refractivity contribution in [3.05, 3.63) is 6.42 Å². The minimum Gasteiger partial charge on any atom is -0.0648 e. The highest BCUT2D eigenvalue weighted by molar-refractivity contribution is 5.12. The molecule has 4 bridgehead atoms. The average Bonchev–Trinajstić information content (AvgIpc) is 2.36. The van der Waals surface area contributed by atoms with Crippen molar-refractivity contribution in [3.8, 4) is 0 Å². The van der Waals surface area contributed by atoms with Gasteiger partial charge in [0.15, 0.2) is 0 Å². The summed E-state index contributed by atoms with van der Waals surface area (Å²) in [5, 5.41) is 0. The maximum atomic E-state index is 3.78. The van der Waals surface area contributed by atoms with Crippen LogP contribution in [0.3, 0.4) is 0 Å². The minimum atomic E-state index is 0.627. The summed E-state index contributed by atoms with van der Waals surface area (Å²) in [6, 6.07) is 0. The van der Waals surface area contributed by atoms with Crippen LogP contribution in [0, 0.1) is 29.6 Å². The van der Waals surface area contributed by atoms with Crippen LogP contribution in [0.5, 0.6) is 0 Å². The quantitative estimate of drug-likeness (QED) is 0.584. The van der Waals surface area contributed by atoms with E-state index in [1.54, 1.807) is 19.3 Å². The summed E-state index contributed by atoms with van der Waals surface area (Å²) in [4.78, 5) is 0. The van der Waals surface area contributed by atoms with Gasteiger partial charge in [0.05, 0.1) is 0 Å². The Bertz CT molecular complexity index is 180. The van der Waals surface area contributed by atoms with Crippen LogP contribution in [0.4, 0.5) is 0 Å². The molecule has 0 aromatic rings. The maximum absolute atomic E-state index is 3.78. The normalized spacial score (nSPS) is 55.2. The van der Waals surface area contributed by atoms with Gasteiger partial charge in [-0.05, 0) is 68.1 Å². The lowest BCUT2D eigenvalue weighted by atomic mass is 9.73. The third-order valence-electron chi connectivity index (χ3n) is 4.52. The molecule has 4 saturated carbocycles. The number of hydrogen-bond acceptors (Lipinski definition) is 0. The minimum absolute atomic E-state index is 0.627. The first kappa shape index (κ1) is 7.41. The van der Waals surface area contributed by atoms with E-state index in [-0.39, 0.29) is 0 Å². The van der Waals surface area contributed by atoms with Crippen molar-refractivity contribution in [2.45, 2.75) is 45.4 Å². The van der Waals surface area contributed by atoms with E-state index in [2.05, 4.69) is 13.3 Å². The number of hydrogen-bond donors (Lipinski definition) is 0. The van der Waals surface area contributed by atoms with E-state index >= 15 is 0 Å². The van der Waals surface area contributed by atoms with Gasteiger partial charge in [-0.1, -0.05) is 6.92 Å². The third kappa shape index (κ3) is 0.791. The van der Waals surface area contributed by atoms with Crippen molar-refractivity contribution in [1.29, 1.82) is 0 Å². The zero-order valence-electron chi connectivity index (χ0n) is 7.97. The second-order valence-electron chi connectivity index (χ2n) is 5.23. The Morgan fingerprint density at radius 1 is 1.17 bits per heavy atom. The highest BCUT2D eigenvalue weighted by atomic mass is 14.6. The molecule has 0 aromatic carbocycles. The van der Waals surface area contributed by atoms with Gasteiger partial charge in [0, 0.05) is 0 Å². The van der Waals surface area contributed by atoms with Crippen molar-refractivity contribution < 1.29 is 0 Å². The van der Waals surface area contributed by atoms with Gasteiger partial charge in [-0.3, -0.25) is 0 Å². The van der Waals surface area contributed by atoms with Gasteiger partial charge in [-0.15, -0.1) is 0 Å². The molecule has 0 aromatic heterocycles. The monoisotopic (exact) mass is 162 g/mol. The molecule has 0 heterocycles. The van der Waals surface area contributed by atoms with Gasteiger partial charge in [0.1, 0.15) is 0 Å². The van der Waals surface area contributed by atoms with E-state index in [9.17, 15) is 0 Å². The first-order valence-corrected chi connectivity index (χ1v) is 5.57. The van der Waals surface area contributed by atoms with Crippen LogP contribution in [0.1, 0.15) is 45.4 Å². The molecule has 0 aliphatic heterocycles. The number of rotatable bonds is 2. The fraction of sp³-hybridized carbons (Fsp3) is 0.917. The van der Waals surface area contributed by atoms with Crippen LogP contribution >= 0.6 is 0 Å².